The molecule has 1 aromatic carbocycles. The number of rotatable bonds is 2. The summed E-state index contributed by atoms with van der Waals surface area (Å²) in [5, 5.41) is 1.41. The highest BCUT2D eigenvalue weighted by molar-refractivity contribution is 5.87. The largest absolute Gasteiger partial charge is 0.296 e. The monoisotopic (exact) mass is 268 g/mol. The maximum Gasteiger partial charge on any atom is 0.0708 e. The Kier molecular flexibility index (Phi) is 3.51. The van der Waals surface area contributed by atoms with Gasteiger partial charge in [0.15, 0.2) is 0 Å². The Morgan fingerprint density at radius 3 is 2.60 bits per heavy atom. The summed E-state index contributed by atoms with van der Waals surface area (Å²) < 4.78 is 0. The van der Waals surface area contributed by atoms with Gasteiger partial charge < -0.3 is 0 Å². The third-order valence-corrected chi connectivity index (χ3v) is 4.53. The predicted molar refractivity (Wildman–Crippen MR) is 85.1 cm³/mol. The van der Waals surface area contributed by atoms with E-state index >= 15 is 0 Å². The molecule has 2 nitrogen and oxygen atoms in total. The number of pyridine rings is 1. The molecule has 2 aromatic rings. The van der Waals surface area contributed by atoms with E-state index in [1.807, 2.05) is 6.20 Å². The minimum absolute atomic E-state index is 0.543. The Balaban J connectivity index is 2.21. The lowest BCUT2D eigenvalue weighted by Crippen LogP contribution is -2.36. The Morgan fingerprint density at radius 1 is 1.10 bits per heavy atom. The lowest BCUT2D eigenvalue weighted by atomic mass is 9.89. The van der Waals surface area contributed by atoms with E-state index in [4.69, 9.17) is 0 Å². The van der Waals surface area contributed by atoms with Gasteiger partial charge in [0.25, 0.3) is 0 Å². The van der Waals surface area contributed by atoms with Gasteiger partial charge in [0.2, 0.25) is 0 Å². The summed E-state index contributed by atoms with van der Waals surface area (Å²) in [6.45, 7) is 11.4. The van der Waals surface area contributed by atoms with Crippen LogP contribution in [0.15, 0.2) is 24.4 Å². The number of hydrogen-bond donors (Lipinski definition) is 0. The van der Waals surface area contributed by atoms with Gasteiger partial charge in [0.1, 0.15) is 0 Å². The van der Waals surface area contributed by atoms with Crippen molar-refractivity contribution in [3.8, 4) is 0 Å². The number of hydrogen-bond acceptors (Lipinski definition) is 2. The van der Waals surface area contributed by atoms with Gasteiger partial charge in [0, 0.05) is 30.7 Å². The zero-order valence-electron chi connectivity index (χ0n) is 13.0. The molecule has 1 aromatic heterocycles. The molecule has 106 valence electrons. The Hall–Kier alpha value is -1.41. The van der Waals surface area contributed by atoms with E-state index in [-0.39, 0.29) is 0 Å². The third kappa shape index (κ3) is 2.22. The molecule has 1 aliphatic rings. The molecule has 0 saturated heterocycles. The van der Waals surface area contributed by atoms with Crippen molar-refractivity contribution in [1.29, 1.82) is 0 Å². The molecule has 2 heterocycles. The first-order valence-electron chi connectivity index (χ1n) is 7.71. The van der Waals surface area contributed by atoms with Gasteiger partial charge in [-0.1, -0.05) is 19.9 Å². The highest BCUT2D eigenvalue weighted by Crippen LogP contribution is 2.32. The molecule has 0 amide bonds. The van der Waals surface area contributed by atoms with Crippen LogP contribution in [-0.2, 0) is 13.0 Å². The molecule has 0 bridgehead atoms. The summed E-state index contributed by atoms with van der Waals surface area (Å²) in [5.74, 6) is 0.543. The van der Waals surface area contributed by atoms with Crippen LogP contribution < -0.4 is 0 Å². The van der Waals surface area contributed by atoms with Crippen LogP contribution in [0, 0.1) is 0 Å². The average Bonchev–Trinajstić information content (AvgIpc) is 2.45. The highest BCUT2D eigenvalue weighted by Gasteiger charge is 2.22. The van der Waals surface area contributed by atoms with Crippen molar-refractivity contribution in [3.63, 3.8) is 0 Å². The van der Waals surface area contributed by atoms with E-state index in [9.17, 15) is 0 Å². The second-order valence-corrected chi connectivity index (χ2v) is 6.47. The Labute approximate surface area is 121 Å². The first-order valence-corrected chi connectivity index (χ1v) is 7.71. The van der Waals surface area contributed by atoms with Gasteiger partial charge in [-0.25, -0.2) is 0 Å². The molecule has 0 saturated carbocycles. The van der Waals surface area contributed by atoms with Crippen molar-refractivity contribution < 1.29 is 0 Å². The fraction of sp³-hybridized carbons (Fsp3) is 0.500. The zero-order valence-corrected chi connectivity index (χ0v) is 13.0. The first-order chi connectivity index (χ1) is 9.58. The fourth-order valence-corrected chi connectivity index (χ4v) is 3.27. The summed E-state index contributed by atoms with van der Waals surface area (Å²) in [5.41, 5.74) is 5.63. The maximum atomic E-state index is 4.58. The van der Waals surface area contributed by atoms with Gasteiger partial charge in [-0.3, -0.25) is 9.88 Å². The van der Waals surface area contributed by atoms with Crippen molar-refractivity contribution in [2.24, 2.45) is 0 Å². The molecule has 0 atom stereocenters. The van der Waals surface area contributed by atoms with Crippen molar-refractivity contribution in [2.75, 3.05) is 6.54 Å². The molecular formula is C18H24N2. The van der Waals surface area contributed by atoms with Gasteiger partial charge in [-0.05, 0) is 55.0 Å². The quantitative estimate of drug-likeness (QED) is 0.814. The van der Waals surface area contributed by atoms with Gasteiger partial charge in [0.05, 0.1) is 5.52 Å². The Morgan fingerprint density at radius 2 is 1.90 bits per heavy atom. The molecule has 2 heteroatoms. The molecule has 0 aliphatic carbocycles. The van der Waals surface area contributed by atoms with E-state index in [2.05, 4.69) is 55.8 Å². The summed E-state index contributed by atoms with van der Waals surface area (Å²) in [4.78, 5) is 7.15. The normalized spacial score (nSPS) is 16.1. The van der Waals surface area contributed by atoms with Crippen molar-refractivity contribution in [1.82, 2.24) is 9.88 Å². The van der Waals surface area contributed by atoms with Crippen LogP contribution in [0.3, 0.4) is 0 Å². The minimum atomic E-state index is 0.543. The summed E-state index contributed by atoms with van der Waals surface area (Å²) in [7, 11) is 0. The minimum Gasteiger partial charge on any atom is -0.296 e. The molecule has 20 heavy (non-hydrogen) atoms. The molecule has 0 radical (unpaired) electrons. The third-order valence-electron chi connectivity index (χ3n) is 4.53. The first kappa shape index (κ1) is 13.6. The van der Waals surface area contributed by atoms with E-state index < -0.39 is 0 Å². The summed E-state index contributed by atoms with van der Waals surface area (Å²) in [6.07, 6.45) is 3.11. The van der Waals surface area contributed by atoms with Gasteiger partial charge in [-0.2, -0.15) is 0 Å². The summed E-state index contributed by atoms with van der Waals surface area (Å²) in [6, 6.07) is 7.29. The molecule has 1 aliphatic heterocycles. The van der Waals surface area contributed by atoms with Crippen LogP contribution >= 0.6 is 0 Å². The molecule has 3 rings (SSSR count). The average molecular weight is 268 g/mol. The van der Waals surface area contributed by atoms with Crippen LogP contribution in [0.25, 0.3) is 10.9 Å². The van der Waals surface area contributed by atoms with Crippen LogP contribution in [-0.4, -0.2) is 22.5 Å². The molecule has 0 N–H and O–H groups in total. The van der Waals surface area contributed by atoms with E-state index in [0.29, 0.717) is 12.0 Å². The number of fused-ring (bicyclic) bond motifs is 3. The topological polar surface area (TPSA) is 16.1 Å². The van der Waals surface area contributed by atoms with E-state index in [1.165, 1.54) is 28.6 Å². The lowest BCUT2D eigenvalue weighted by Gasteiger charge is -2.33. The second-order valence-electron chi connectivity index (χ2n) is 6.47. The smallest absolute Gasteiger partial charge is 0.0708 e. The SMILES string of the molecule is CC(C)c1ccnc2ccc3c(c12)CN(C(C)C)CC3. The van der Waals surface area contributed by atoms with Crippen LogP contribution in [0.4, 0.5) is 0 Å². The van der Waals surface area contributed by atoms with Crippen LogP contribution in [0.5, 0.6) is 0 Å². The summed E-state index contributed by atoms with van der Waals surface area (Å²) >= 11 is 0. The number of benzene rings is 1. The second kappa shape index (κ2) is 5.17. The maximum absolute atomic E-state index is 4.58. The lowest BCUT2D eigenvalue weighted by molar-refractivity contribution is 0.204. The van der Waals surface area contributed by atoms with E-state index in [1.54, 1.807) is 0 Å². The fourth-order valence-electron chi connectivity index (χ4n) is 3.27. The van der Waals surface area contributed by atoms with Crippen molar-refractivity contribution in [3.05, 3.63) is 41.1 Å². The number of aromatic nitrogens is 1. The highest BCUT2D eigenvalue weighted by atomic mass is 15.1. The zero-order chi connectivity index (χ0) is 14.3. The molecular weight excluding hydrogens is 244 g/mol. The van der Waals surface area contributed by atoms with Crippen molar-refractivity contribution >= 4 is 10.9 Å². The van der Waals surface area contributed by atoms with E-state index in [0.717, 1.165) is 18.5 Å². The van der Waals surface area contributed by atoms with Crippen LogP contribution in [0.1, 0.15) is 50.3 Å². The molecule has 0 fully saturated rings. The van der Waals surface area contributed by atoms with Gasteiger partial charge >= 0.3 is 0 Å². The predicted octanol–water partition coefficient (Wildman–Crippen LogP) is 4.12. The Bertz CT molecular complexity index is 629. The molecule has 0 spiro atoms. The standard InChI is InChI=1S/C18H24N2/c1-12(2)15-7-9-19-17-6-5-14-8-10-20(13(3)4)11-16(14)18(15)17/h5-7,9,12-13H,8,10-11H2,1-4H3. The van der Waals surface area contributed by atoms with Gasteiger partial charge in [-0.15, -0.1) is 0 Å². The number of nitrogens with zero attached hydrogens (tertiary/aromatic N) is 2. The van der Waals surface area contributed by atoms with Crippen molar-refractivity contribution in [2.45, 2.75) is 52.6 Å². The van der Waals surface area contributed by atoms with Crippen LogP contribution in [0.2, 0.25) is 0 Å². The molecule has 0 unspecified atom stereocenters.